The molecule has 114 valence electrons. The van der Waals surface area contributed by atoms with Gasteiger partial charge in [-0.1, -0.05) is 48.5 Å². The number of hydrogen-bond acceptors (Lipinski definition) is 1. The van der Waals surface area contributed by atoms with E-state index in [-0.39, 0.29) is 6.04 Å². The van der Waals surface area contributed by atoms with Crippen molar-refractivity contribution in [1.82, 2.24) is 0 Å². The fraction of sp³-hybridized carbons (Fsp3) is 0.150. The van der Waals surface area contributed by atoms with Crippen LogP contribution in [-0.2, 0) is 0 Å². The summed E-state index contributed by atoms with van der Waals surface area (Å²) in [7, 11) is 1.95. The van der Waals surface area contributed by atoms with Crippen molar-refractivity contribution in [2.75, 3.05) is 16.8 Å². The number of nitrogens with zero attached hydrogens (tertiary/aromatic N) is 2. The Morgan fingerprint density at radius 3 is 2.39 bits per heavy atom. The molecule has 0 radical (unpaired) electrons. The van der Waals surface area contributed by atoms with Gasteiger partial charge in [-0.15, -0.1) is 0 Å². The summed E-state index contributed by atoms with van der Waals surface area (Å²) in [5.74, 6) is 0.493. The lowest BCUT2D eigenvalue weighted by Gasteiger charge is -2.32. The van der Waals surface area contributed by atoms with E-state index in [2.05, 4.69) is 48.2 Å². The highest BCUT2D eigenvalue weighted by molar-refractivity contribution is 6.13. The fourth-order valence-corrected chi connectivity index (χ4v) is 3.48. The van der Waals surface area contributed by atoms with Crippen LogP contribution in [0.4, 0.5) is 11.4 Å². The summed E-state index contributed by atoms with van der Waals surface area (Å²) < 4.78 is 0. The second kappa shape index (κ2) is 5.13. The molecule has 1 aliphatic heterocycles. The number of rotatable bonds is 1. The van der Waals surface area contributed by atoms with E-state index in [0.29, 0.717) is 5.96 Å². The first-order valence-corrected chi connectivity index (χ1v) is 7.86. The van der Waals surface area contributed by atoms with Gasteiger partial charge < -0.3 is 9.80 Å². The van der Waals surface area contributed by atoms with Crippen LogP contribution in [0.5, 0.6) is 0 Å². The molecule has 0 saturated heterocycles. The van der Waals surface area contributed by atoms with Gasteiger partial charge in [-0.05, 0) is 36.1 Å². The zero-order valence-electron chi connectivity index (χ0n) is 13.3. The molecule has 23 heavy (non-hydrogen) atoms. The molecule has 3 heteroatoms. The van der Waals surface area contributed by atoms with Crippen molar-refractivity contribution in [3.05, 3.63) is 72.3 Å². The number of nitrogens with one attached hydrogen (secondary N) is 1. The van der Waals surface area contributed by atoms with Crippen LogP contribution in [0.1, 0.15) is 18.5 Å². The van der Waals surface area contributed by atoms with Gasteiger partial charge in [0.2, 0.25) is 5.96 Å². The summed E-state index contributed by atoms with van der Waals surface area (Å²) in [6, 6.07) is 23.0. The van der Waals surface area contributed by atoms with Crippen LogP contribution in [0.15, 0.2) is 66.7 Å². The molecule has 1 aliphatic rings. The summed E-state index contributed by atoms with van der Waals surface area (Å²) in [5.41, 5.74) is 3.44. The SMILES string of the molecule is CC1c2cccc3cccc(c23)N1C(=N)N(C)c1ccccc1. The van der Waals surface area contributed by atoms with Crippen molar-refractivity contribution in [2.24, 2.45) is 0 Å². The molecule has 0 saturated carbocycles. The molecule has 1 atom stereocenters. The van der Waals surface area contributed by atoms with E-state index in [1.54, 1.807) is 0 Å². The lowest BCUT2D eigenvalue weighted by atomic mass is 10.0. The molecular formula is C20H19N3. The van der Waals surface area contributed by atoms with E-state index in [0.717, 1.165) is 11.4 Å². The minimum Gasteiger partial charge on any atom is -0.316 e. The van der Waals surface area contributed by atoms with Gasteiger partial charge in [0.15, 0.2) is 0 Å². The van der Waals surface area contributed by atoms with Crippen molar-refractivity contribution >= 4 is 28.1 Å². The Morgan fingerprint density at radius 1 is 0.957 bits per heavy atom. The summed E-state index contributed by atoms with van der Waals surface area (Å²) >= 11 is 0. The van der Waals surface area contributed by atoms with E-state index in [9.17, 15) is 0 Å². The second-order valence-electron chi connectivity index (χ2n) is 5.99. The number of benzene rings is 3. The van der Waals surface area contributed by atoms with E-state index in [4.69, 9.17) is 5.41 Å². The Labute approximate surface area is 136 Å². The van der Waals surface area contributed by atoms with Crippen molar-refractivity contribution in [3.63, 3.8) is 0 Å². The monoisotopic (exact) mass is 301 g/mol. The average Bonchev–Trinajstić information content (AvgIpc) is 2.89. The first-order chi connectivity index (χ1) is 11.2. The van der Waals surface area contributed by atoms with Crippen LogP contribution in [0, 0.1) is 5.41 Å². The summed E-state index contributed by atoms with van der Waals surface area (Å²) in [5, 5.41) is 11.3. The summed E-state index contributed by atoms with van der Waals surface area (Å²) in [6.07, 6.45) is 0. The van der Waals surface area contributed by atoms with Crippen molar-refractivity contribution in [2.45, 2.75) is 13.0 Å². The highest BCUT2D eigenvalue weighted by Crippen LogP contribution is 2.44. The maximum Gasteiger partial charge on any atom is 0.203 e. The minimum atomic E-state index is 0.162. The predicted molar refractivity (Wildman–Crippen MR) is 97.4 cm³/mol. The molecule has 0 fully saturated rings. The van der Waals surface area contributed by atoms with E-state index in [1.807, 2.05) is 42.3 Å². The predicted octanol–water partition coefficient (Wildman–Crippen LogP) is 4.79. The molecular weight excluding hydrogens is 282 g/mol. The molecule has 0 spiro atoms. The van der Waals surface area contributed by atoms with Crippen LogP contribution in [-0.4, -0.2) is 13.0 Å². The fourth-order valence-electron chi connectivity index (χ4n) is 3.48. The summed E-state index contributed by atoms with van der Waals surface area (Å²) in [6.45, 7) is 2.17. The van der Waals surface area contributed by atoms with Gasteiger partial charge >= 0.3 is 0 Å². The lowest BCUT2D eigenvalue weighted by Crippen LogP contribution is -2.41. The molecule has 1 unspecified atom stereocenters. The van der Waals surface area contributed by atoms with Crippen LogP contribution in [0.25, 0.3) is 10.8 Å². The highest BCUT2D eigenvalue weighted by atomic mass is 15.4. The van der Waals surface area contributed by atoms with E-state index >= 15 is 0 Å². The van der Waals surface area contributed by atoms with Gasteiger partial charge in [0.1, 0.15) is 0 Å². The molecule has 3 nitrogen and oxygen atoms in total. The van der Waals surface area contributed by atoms with Crippen molar-refractivity contribution in [3.8, 4) is 0 Å². The molecule has 1 N–H and O–H groups in total. The van der Waals surface area contributed by atoms with Gasteiger partial charge in [0.25, 0.3) is 0 Å². The molecule has 0 bridgehead atoms. The second-order valence-corrected chi connectivity index (χ2v) is 5.99. The topological polar surface area (TPSA) is 30.3 Å². The quantitative estimate of drug-likeness (QED) is 0.517. The molecule has 0 aliphatic carbocycles. The van der Waals surface area contributed by atoms with Crippen LogP contribution >= 0.6 is 0 Å². The summed E-state index contributed by atoms with van der Waals surface area (Å²) in [4.78, 5) is 4.05. The van der Waals surface area contributed by atoms with Gasteiger partial charge in [-0.25, -0.2) is 0 Å². The molecule has 1 heterocycles. The third-order valence-corrected chi connectivity index (χ3v) is 4.70. The van der Waals surface area contributed by atoms with Crippen molar-refractivity contribution in [1.29, 1.82) is 5.41 Å². The Bertz CT molecular complexity index is 881. The largest absolute Gasteiger partial charge is 0.316 e. The zero-order valence-corrected chi connectivity index (χ0v) is 13.3. The number of anilines is 2. The van der Waals surface area contributed by atoms with Crippen molar-refractivity contribution < 1.29 is 0 Å². The standard InChI is InChI=1S/C20H19N3/c1-14-17-12-6-8-15-9-7-13-18(19(15)17)23(14)20(21)22(2)16-10-4-3-5-11-16/h3-14,21H,1-2H3. The molecule has 0 aromatic heterocycles. The first kappa shape index (κ1) is 13.8. The molecule has 0 amide bonds. The first-order valence-electron chi connectivity index (χ1n) is 7.86. The van der Waals surface area contributed by atoms with Gasteiger partial charge in [0.05, 0.1) is 11.7 Å². The minimum absolute atomic E-state index is 0.162. The highest BCUT2D eigenvalue weighted by Gasteiger charge is 2.32. The van der Waals surface area contributed by atoms with Crippen LogP contribution in [0.2, 0.25) is 0 Å². The number of hydrogen-bond donors (Lipinski definition) is 1. The maximum absolute atomic E-state index is 8.75. The molecule has 3 aromatic carbocycles. The third-order valence-electron chi connectivity index (χ3n) is 4.70. The van der Waals surface area contributed by atoms with Crippen LogP contribution in [0.3, 0.4) is 0 Å². The Balaban J connectivity index is 1.79. The smallest absolute Gasteiger partial charge is 0.203 e. The Morgan fingerprint density at radius 2 is 1.65 bits per heavy atom. The van der Waals surface area contributed by atoms with E-state index in [1.165, 1.54) is 16.3 Å². The Hall–Kier alpha value is -2.81. The van der Waals surface area contributed by atoms with Gasteiger partial charge in [0, 0.05) is 18.1 Å². The molecule has 3 aromatic rings. The number of para-hydroxylation sites is 1. The van der Waals surface area contributed by atoms with Gasteiger partial charge in [-0.3, -0.25) is 5.41 Å². The average molecular weight is 301 g/mol. The Kier molecular flexibility index (Phi) is 3.08. The number of guanidine groups is 1. The third kappa shape index (κ3) is 2.00. The molecule has 4 rings (SSSR count). The van der Waals surface area contributed by atoms with Gasteiger partial charge in [-0.2, -0.15) is 0 Å². The van der Waals surface area contributed by atoms with Crippen LogP contribution < -0.4 is 9.80 Å². The normalized spacial score (nSPS) is 15.9. The van der Waals surface area contributed by atoms with E-state index < -0.39 is 0 Å². The lowest BCUT2D eigenvalue weighted by molar-refractivity contribution is 0.809. The zero-order chi connectivity index (χ0) is 16.0. The maximum atomic E-state index is 8.75.